The lowest BCUT2D eigenvalue weighted by Crippen LogP contribution is -2.14. The average Bonchev–Trinajstić information content (AvgIpc) is 2.31. The highest BCUT2D eigenvalue weighted by molar-refractivity contribution is 9.10. The van der Waals surface area contributed by atoms with Crippen molar-refractivity contribution in [3.63, 3.8) is 0 Å². The Morgan fingerprint density at radius 3 is 2.50 bits per heavy atom. The van der Waals surface area contributed by atoms with Crippen LogP contribution in [0.5, 0.6) is 0 Å². The third kappa shape index (κ3) is 2.78. The SMILES string of the molecule is Nc1cc(N)cc(C(=O)Nc2ncccc2Br)c1. The molecule has 0 fully saturated rings. The van der Waals surface area contributed by atoms with Crippen molar-refractivity contribution < 1.29 is 4.79 Å². The molecule has 0 saturated carbocycles. The van der Waals surface area contributed by atoms with E-state index < -0.39 is 0 Å². The first-order valence-electron chi connectivity index (χ1n) is 5.14. The van der Waals surface area contributed by atoms with E-state index in [1.54, 1.807) is 36.5 Å². The lowest BCUT2D eigenvalue weighted by atomic mass is 10.1. The molecule has 1 aromatic heterocycles. The number of hydrogen-bond acceptors (Lipinski definition) is 4. The van der Waals surface area contributed by atoms with Crippen LogP contribution >= 0.6 is 15.9 Å². The second kappa shape index (κ2) is 5.05. The van der Waals surface area contributed by atoms with Crippen molar-refractivity contribution in [1.29, 1.82) is 0 Å². The smallest absolute Gasteiger partial charge is 0.256 e. The van der Waals surface area contributed by atoms with Gasteiger partial charge in [0, 0.05) is 23.1 Å². The molecule has 0 spiro atoms. The molecule has 1 amide bonds. The van der Waals surface area contributed by atoms with Crippen molar-refractivity contribution >= 4 is 39.0 Å². The van der Waals surface area contributed by atoms with Crippen LogP contribution in [0.2, 0.25) is 0 Å². The van der Waals surface area contributed by atoms with E-state index >= 15 is 0 Å². The summed E-state index contributed by atoms with van der Waals surface area (Å²) in [5.74, 6) is 0.136. The molecule has 5 N–H and O–H groups in total. The van der Waals surface area contributed by atoms with E-state index in [9.17, 15) is 4.79 Å². The van der Waals surface area contributed by atoms with Crippen LogP contribution < -0.4 is 16.8 Å². The van der Waals surface area contributed by atoms with Crippen molar-refractivity contribution in [3.05, 3.63) is 46.6 Å². The van der Waals surface area contributed by atoms with E-state index in [2.05, 4.69) is 26.2 Å². The van der Waals surface area contributed by atoms with Crippen LogP contribution in [0.4, 0.5) is 17.2 Å². The highest BCUT2D eigenvalue weighted by Crippen LogP contribution is 2.20. The molecule has 1 aromatic carbocycles. The van der Waals surface area contributed by atoms with Crippen molar-refractivity contribution in [2.75, 3.05) is 16.8 Å². The monoisotopic (exact) mass is 306 g/mol. The maximum atomic E-state index is 12.0. The normalized spacial score (nSPS) is 10.1. The molecule has 0 aliphatic heterocycles. The second-order valence-electron chi connectivity index (χ2n) is 3.68. The predicted octanol–water partition coefficient (Wildman–Crippen LogP) is 2.26. The molecule has 1 heterocycles. The zero-order chi connectivity index (χ0) is 13.1. The predicted molar refractivity (Wildman–Crippen MR) is 75.2 cm³/mol. The highest BCUT2D eigenvalue weighted by Gasteiger charge is 2.10. The summed E-state index contributed by atoms with van der Waals surface area (Å²) in [6.45, 7) is 0. The zero-order valence-corrected chi connectivity index (χ0v) is 10.9. The van der Waals surface area contributed by atoms with Crippen LogP contribution in [0.1, 0.15) is 10.4 Å². The number of aromatic nitrogens is 1. The number of nitrogens with two attached hydrogens (primary N) is 2. The second-order valence-corrected chi connectivity index (χ2v) is 4.53. The number of rotatable bonds is 2. The number of carbonyl (C=O) groups is 1. The summed E-state index contributed by atoms with van der Waals surface area (Å²) in [5.41, 5.74) is 12.6. The van der Waals surface area contributed by atoms with Gasteiger partial charge in [-0.25, -0.2) is 4.98 Å². The van der Waals surface area contributed by atoms with Crippen LogP contribution in [0.25, 0.3) is 0 Å². The Labute approximate surface area is 112 Å². The number of benzene rings is 1. The summed E-state index contributed by atoms with van der Waals surface area (Å²) >= 11 is 3.30. The Bertz CT molecular complexity index is 580. The average molecular weight is 307 g/mol. The van der Waals surface area contributed by atoms with Gasteiger partial charge in [-0.15, -0.1) is 0 Å². The Morgan fingerprint density at radius 1 is 1.22 bits per heavy atom. The largest absolute Gasteiger partial charge is 0.399 e. The van der Waals surface area contributed by atoms with E-state index in [1.165, 1.54) is 0 Å². The van der Waals surface area contributed by atoms with E-state index in [0.29, 0.717) is 27.2 Å². The minimum atomic E-state index is -0.312. The van der Waals surface area contributed by atoms with Crippen molar-refractivity contribution in [1.82, 2.24) is 4.98 Å². The minimum Gasteiger partial charge on any atom is -0.399 e. The number of pyridine rings is 1. The van der Waals surface area contributed by atoms with Crippen LogP contribution in [-0.2, 0) is 0 Å². The number of halogens is 1. The molecule has 6 heteroatoms. The molecule has 0 saturated heterocycles. The Balaban J connectivity index is 2.25. The van der Waals surface area contributed by atoms with Gasteiger partial charge >= 0.3 is 0 Å². The first-order valence-corrected chi connectivity index (χ1v) is 5.93. The molecule has 2 rings (SSSR count). The first kappa shape index (κ1) is 12.4. The Hall–Kier alpha value is -2.08. The van der Waals surface area contributed by atoms with Gasteiger partial charge in [-0.1, -0.05) is 0 Å². The summed E-state index contributed by atoms with van der Waals surface area (Å²) in [7, 11) is 0. The van der Waals surface area contributed by atoms with Gasteiger partial charge in [-0.2, -0.15) is 0 Å². The maximum absolute atomic E-state index is 12.0. The number of hydrogen-bond donors (Lipinski definition) is 3. The van der Waals surface area contributed by atoms with E-state index in [1.807, 2.05) is 0 Å². The molecular weight excluding hydrogens is 296 g/mol. The van der Waals surface area contributed by atoms with Crippen LogP contribution in [0.15, 0.2) is 41.0 Å². The van der Waals surface area contributed by atoms with Crippen LogP contribution in [0.3, 0.4) is 0 Å². The van der Waals surface area contributed by atoms with Gasteiger partial charge in [-0.3, -0.25) is 4.79 Å². The molecule has 0 atom stereocenters. The van der Waals surface area contributed by atoms with Gasteiger partial charge in [0.1, 0.15) is 5.82 Å². The number of nitrogens with one attached hydrogen (secondary N) is 1. The Kier molecular flexibility index (Phi) is 3.47. The number of carbonyl (C=O) groups excluding carboxylic acids is 1. The van der Waals surface area contributed by atoms with Crippen molar-refractivity contribution in [3.8, 4) is 0 Å². The van der Waals surface area contributed by atoms with Crippen LogP contribution in [-0.4, -0.2) is 10.9 Å². The summed E-state index contributed by atoms with van der Waals surface area (Å²) in [6.07, 6.45) is 1.59. The molecule has 18 heavy (non-hydrogen) atoms. The van der Waals surface area contributed by atoms with Gasteiger partial charge in [0.2, 0.25) is 0 Å². The fourth-order valence-corrected chi connectivity index (χ4v) is 1.82. The van der Waals surface area contributed by atoms with E-state index in [-0.39, 0.29) is 5.91 Å². The molecule has 5 nitrogen and oxygen atoms in total. The summed E-state index contributed by atoms with van der Waals surface area (Å²) in [6, 6.07) is 8.26. The topological polar surface area (TPSA) is 94.0 Å². The Morgan fingerprint density at radius 2 is 1.89 bits per heavy atom. The molecule has 92 valence electrons. The van der Waals surface area contributed by atoms with Gasteiger partial charge < -0.3 is 16.8 Å². The standard InChI is InChI=1S/C12H11BrN4O/c13-10-2-1-3-16-11(10)17-12(18)7-4-8(14)6-9(15)5-7/h1-6H,14-15H2,(H,16,17,18). The van der Waals surface area contributed by atoms with Gasteiger partial charge in [0.15, 0.2) is 0 Å². The number of nitrogen functional groups attached to an aromatic ring is 2. The molecular formula is C12H11BrN4O. The first-order chi connectivity index (χ1) is 8.56. The van der Waals surface area contributed by atoms with Gasteiger partial charge in [0.05, 0.1) is 4.47 Å². The van der Waals surface area contributed by atoms with Crippen LogP contribution in [0, 0.1) is 0 Å². The third-order valence-electron chi connectivity index (χ3n) is 2.23. The highest BCUT2D eigenvalue weighted by atomic mass is 79.9. The maximum Gasteiger partial charge on any atom is 0.256 e. The van der Waals surface area contributed by atoms with E-state index in [0.717, 1.165) is 0 Å². The van der Waals surface area contributed by atoms with Gasteiger partial charge in [0.25, 0.3) is 5.91 Å². The minimum absolute atomic E-state index is 0.312. The van der Waals surface area contributed by atoms with Crippen molar-refractivity contribution in [2.45, 2.75) is 0 Å². The van der Waals surface area contributed by atoms with Gasteiger partial charge in [-0.05, 0) is 46.3 Å². The number of amides is 1. The molecule has 0 bridgehead atoms. The lowest BCUT2D eigenvalue weighted by Gasteiger charge is -2.07. The molecule has 0 radical (unpaired) electrons. The summed E-state index contributed by atoms with van der Waals surface area (Å²) in [4.78, 5) is 16.0. The summed E-state index contributed by atoms with van der Waals surface area (Å²) < 4.78 is 0.704. The lowest BCUT2D eigenvalue weighted by molar-refractivity contribution is 0.102. The molecule has 2 aromatic rings. The fraction of sp³-hybridized carbons (Fsp3) is 0. The number of nitrogens with zero attached hydrogens (tertiary/aromatic N) is 1. The molecule has 0 aliphatic rings. The summed E-state index contributed by atoms with van der Waals surface area (Å²) in [5, 5.41) is 2.67. The zero-order valence-electron chi connectivity index (χ0n) is 9.35. The molecule has 0 unspecified atom stereocenters. The molecule has 0 aliphatic carbocycles. The van der Waals surface area contributed by atoms with Crippen molar-refractivity contribution in [2.24, 2.45) is 0 Å². The van der Waals surface area contributed by atoms with E-state index in [4.69, 9.17) is 11.5 Å². The fourth-order valence-electron chi connectivity index (χ4n) is 1.47. The number of anilines is 3. The third-order valence-corrected chi connectivity index (χ3v) is 2.87. The quantitative estimate of drug-likeness (QED) is 0.742.